The number of amides is 1. The molecule has 0 spiro atoms. The lowest BCUT2D eigenvalue weighted by atomic mass is 10.1. The van der Waals surface area contributed by atoms with Gasteiger partial charge in [0.2, 0.25) is 5.91 Å². The van der Waals surface area contributed by atoms with Gasteiger partial charge in [-0.05, 0) is 36.2 Å². The summed E-state index contributed by atoms with van der Waals surface area (Å²) in [6.07, 6.45) is 2.56. The van der Waals surface area contributed by atoms with E-state index >= 15 is 0 Å². The molecule has 2 heterocycles. The topological polar surface area (TPSA) is 86.9 Å². The molecule has 0 atom stereocenters. The molecule has 2 aromatic heterocycles. The van der Waals surface area contributed by atoms with E-state index in [0.29, 0.717) is 43.1 Å². The summed E-state index contributed by atoms with van der Waals surface area (Å²) in [6.45, 7) is 0.656. The Kier molecular flexibility index (Phi) is 5.75. The van der Waals surface area contributed by atoms with Crippen LogP contribution in [0.3, 0.4) is 0 Å². The smallest absolute Gasteiger partial charge is 0.350 e. The minimum Gasteiger partial charge on any atom is -0.497 e. The maximum Gasteiger partial charge on any atom is 0.350 e. The summed E-state index contributed by atoms with van der Waals surface area (Å²) < 4.78 is 13.3. The third-order valence-electron chi connectivity index (χ3n) is 4.19. The van der Waals surface area contributed by atoms with E-state index in [1.54, 1.807) is 38.6 Å². The molecule has 3 aromatic rings. The molecule has 27 heavy (non-hydrogen) atoms. The van der Waals surface area contributed by atoms with Crippen molar-refractivity contribution in [3.8, 4) is 11.5 Å². The molecule has 1 amide bonds. The number of rotatable bonds is 8. The number of nitrogens with one attached hydrogen (secondary N) is 1. The van der Waals surface area contributed by atoms with Crippen molar-refractivity contribution in [2.75, 3.05) is 20.8 Å². The zero-order chi connectivity index (χ0) is 19.2. The number of fused-ring (bicyclic) bond motifs is 1. The Labute approximate surface area is 156 Å². The summed E-state index contributed by atoms with van der Waals surface area (Å²) in [6, 6.07) is 10.9. The number of methoxy groups -OCH3 is 2. The predicted molar refractivity (Wildman–Crippen MR) is 100 cm³/mol. The molecule has 0 bridgehead atoms. The number of hydrogen-bond acceptors (Lipinski definition) is 5. The maximum absolute atomic E-state index is 12.2. The summed E-state index contributed by atoms with van der Waals surface area (Å²) in [5.41, 5.74) is 1.32. The van der Waals surface area contributed by atoms with Gasteiger partial charge in [0, 0.05) is 25.2 Å². The van der Waals surface area contributed by atoms with Crippen LogP contribution in [0.5, 0.6) is 11.5 Å². The van der Waals surface area contributed by atoms with Crippen LogP contribution in [0.15, 0.2) is 47.4 Å². The molecule has 1 aromatic carbocycles. The summed E-state index contributed by atoms with van der Waals surface area (Å²) >= 11 is 0. The second-order valence-corrected chi connectivity index (χ2v) is 6.01. The van der Waals surface area contributed by atoms with Crippen LogP contribution in [0.2, 0.25) is 0 Å². The van der Waals surface area contributed by atoms with Crippen LogP contribution in [0.25, 0.3) is 5.65 Å². The first-order chi connectivity index (χ1) is 13.1. The van der Waals surface area contributed by atoms with Gasteiger partial charge in [0.1, 0.15) is 11.5 Å². The number of nitrogens with zero attached hydrogens (tertiary/aromatic N) is 3. The van der Waals surface area contributed by atoms with E-state index in [9.17, 15) is 9.59 Å². The Morgan fingerprint density at radius 1 is 1.15 bits per heavy atom. The number of aromatic nitrogens is 3. The van der Waals surface area contributed by atoms with Crippen molar-refractivity contribution in [2.45, 2.75) is 19.4 Å². The Morgan fingerprint density at radius 2 is 1.89 bits per heavy atom. The van der Waals surface area contributed by atoms with Crippen molar-refractivity contribution >= 4 is 11.6 Å². The number of aryl methyl sites for hydroxylation is 1. The first-order valence-electron chi connectivity index (χ1n) is 8.63. The number of carbonyl (C=O) groups is 1. The van der Waals surface area contributed by atoms with Gasteiger partial charge in [-0.25, -0.2) is 9.48 Å². The van der Waals surface area contributed by atoms with Crippen LogP contribution in [0.4, 0.5) is 0 Å². The quantitative estimate of drug-likeness (QED) is 0.645. The van der Waals surface area contributed by atoms with E-state index in [0.717, 1.165) is 5.56 Å². The molecule has 0 aliphatic heterocycles. The molecule has 8 nitrogen and oxygen atoms in total. The Morgan fingerprint density at radius 3 is 2.56 bits per heavy atom. The third-order valence-corrected chi connectivity index (χ3v) is 4.19. The molecule has 142 valence electrons. The van der Waals surface area contributed by atoms with E-state index < -0.39 is 0 Å². The minimum absolute atomic E-state index is 0.0893. The maximum atomic E-state index is 12.2. The Hall–Kier alpha value is -3.29. The van der Waals surface area contributed by atoms with Crippen LogP contribution in [-0.2, 0) is 17.8 Å². The molecule has 0 radical (unpaired) electrons. The molecule has 0 saturated carbocycles. The van der Waals surface area contributed by atoms with Crippen molar-refractivity contribution in [1.82, 2.24) is 19.5 Å². The fourth-order valence-corrected chi connectivity index (χ4v) is 2.77. The van der Waals surface area contributed by atoms with Crippen LogP contribution >= 0.6 is 0 Å². The van der Waals surface area contributed by atoms with Gasteiger partial charge in [0.25, 0.3) is 0 Å². The highest BCUT2D eigenvalue weighted by atomic mass is 16.5. The number of ether oxygens (including phenoxy) is 2. The average molecular weight is 370 g/mol. The number of hydrogen-bond donors (Lipinski definition) is 1. The molecule has 0 unspecified atom stereocenters. The summed E-state index contributed by atoms with van der Waals surface area (Å²) in [5.74, 6) is 1.29. The highest BCUT2D eigenvalue weighted by Crippen LogP contribution is 2.23. The fraction of sp³-hybridized carbons (Fsp3) is 0.316. The molecule has 0 fully saturated rings. The summed E-state index contributed by atoms with van der Waals surface area (Å²) in [4.78, 5) is 24.2. The van der Waals surface area contributed by atoms with Gasteiger partial charge in [-0.1, -0.05) is 6.07 Å². The second kappa shape index (κ2) is 8.39. The Bertz CT molecular complexity index is 971. The summed E-state index contributed by atoms with van der Waals surface area (Å²) in [7, 11) is 3.18. The highest BCUT2D eigenvalue weighted by Gasteiger charge is 2.08. The van der Waals surface area contributed by atoms with Crippen molar-refractivity contribution in [3.05, 3.63) is 58.6 Å². The zero-order valence-corrected chi connectivity index (χ0v) is 15.3. The van der Waals surface area contributed by atoms with E-state index in [1.165, 1.54) is 9.08 Å². The lowest BCUT2D eigenvalue weighted by Gasteiger charge is -2.09. The molecular formula is C19H22N4O4. The van der Waals surface area contributed by atoms with Crippen molar-refractivity contribution in [2.24, 2.45) is 0 Å². The molecule has 8 heteroatoms. The molecule has 3 rings (SSSR count). The second-order valence-electron chi connectivity index (χ2n) is 6.01. The first-order valence-corrected chi connectivity index (χ1v) is 8.63. The highest BCUT2D eigenvalue weighted by molar-refractivity contribution is 5.76. The van der Waals surface area contributed by atoms with E-state index in [4.69, 9.17) is 9.47 Å². The van der Waals surface area contributed by atoms with Gasteiger partial charge in [0.05, 0.1) is 20.8 Å². The molecule has 0 saturated heterocycles. The predicted octanol–water partition coefficient (Wildman–Crippen LogP) is 1.26. The Balaban J connectivity index is 1.51. The lowest BCUT2D eigenvalue weighted by Crippen LogP contribution is -2.31. The SMILES string of the molecule is COc1cc(CCC(=O)NCCn2nc3ccccn3c2=O)cc(OC)c1. The number of benzene rings is 1. The first kappa shape index (κ1) is 18.5. The van der Waals surface area contributed by atoms with Gasteiger partial charge < -0.3 is 14.8 Å². The molecule has 0 aliphatic carbocycles. The third kappa shape index (κ3) is 4.46. The van der Waals surface area contributed by atoms with Crippen molar-refractivity contribution < 1.29 is 14.3 Å². The van der Waals surface area contributed by atoms with Gasteiger partial charge in [-0.2, -0.15) is 0 Å². The van der Waals surface area contributed by atoms with Gasteiger partial charge >= 0.3 is 5.69 Å². The van der Waals surface area contributed by atoms with Gasteiger partial charge in [-0.3, -0.25) is 9.20 Å². The molecule has 1 N–H and O–H groups in total. The lowest BCUT2D eigenvalue weighted by molar-refractivity contribution is -0.121. The van der Waals surface area contributed by atoms with Crippen molar-refractivity contribution in [1.29, 1.82) is 0 Å². The largest absolute Gasteiger partial charge is 0.497 e. The fourth-order valence-electron chi connectivity index (χ4n) is 2.77. The van der Waals surface area contributed by atoms with Crippen molar-refractivity contribution in [3.63, 3.8) is 0 Å². The van der Waals surface area contributed by atoms with E-state index in [1.807, 2.05) is 18.2 Å². The van der Waals surface area contributed by atoms with Crippen LogP contribution in [-0.4, -0.2) is 40.9 Å². The molecule has 0 aliphatic rings. The van der Waals surface area contributed by atoms with Crippen LogP contribution in [0, 0.1) is 0 Å². The van der Waals surface area contributed by atoms with E-state index in [-0.39, 0.29) is 11.6 Å². The number of pyridine rings is 1. The summed E-state index contributed by atoms with van der Waals surface area (Å²) in [5, 5.41) is 7.05. The van der Waals surface area contributed by atoms with E-state index in [2.05, 4.69) is 10.4 Å². The molecular weight excluding hydrogens is 348 g/mol. The zero-order valence-electron chi connectivity index (χ0n) is 15.3. The standard InChI is InChI=1S/C19H22N4O4/c1-26-15-11-14(12-16(13-15)27-2)6-7-18(24)20-8-10-23-19(25)22-9-4-3-5-17(22)21-23/h3-5,9,11-13H,6-8,10H2,1-2H3,(H,20,24). The van der Waals surface area contributed by atoms with Crippen LogP contribution in [0.1, 0.15) is 12.0 Å². The average Bonchev–Trinajstić information content (AvgIpc) is 3.02. The van der Waals surface area contributed by atoms with Gasteiger partial charge in [-0.15, -0.1) is 5.10 Å². The van der Waals surface area contributed by atoms with Gasteiger partial charge in [0.15, 0.2) is 5.65 Å². The normalized spacial score (nSPS) is 10.7. The minimum atomic E-state index is -0.219. The number of carbonyl (C=O) groups excluding carboxylic acids is 1. The van der Waals surface area contributed by atoms with Crippen LogP contribution < -0.4 is 20.5 Å². The monoisotopic (exact) mass is 370 g/mol.